The van der Waals surface area contributed by atoms with Gasteiger partial charge >= 0.3 is 12.1 Å². The van der Waals surface area contributed by atoms with Crippen LogP contribution in [0.1, 0.15) is 104 Å². The van der Waals surface area contributed by atoms with Crippen LogP contribution in [0.4, 0.5) is 4.79 Å². The Balaban J connectivity index is 2.03. The Morgan fingerprint density at radius 2 is 1.44 bits per heavy atom. The van der Waals surface area contributed by atoms with E-state index in [2.05, 4.69) is 16.0 Å². The quantitative estimate of drug-likeness (QED) is 0.122. The first kappa shape index (κ1) is 43.6. The monoisotopic (exact) mass is 724 g/mol. The summed E-state index contributed by atoms with van der Waals surface area (Å²) in [5.74, 6) is -0.986. The second kappa shape index (κ2) is 21.0. The number of hydrogen-bond donors (Lipinski definition) is 3. The van der Waals surface area contributed by atoms with Crippen molar-refractivity contribution in [2.45, 2.75) is 130 Å². The lowest BCUT2D eigenvalue weighted by molar-refractivity contribution is -0.155. The standard InChI is InChI=1S/C40H60N4O8/c1-28-20-22-32(50-25-14-13-24-44(9)38(49)52-40(6,7)8)26-31(28)27-41-36(47)34(23-21-30-16-11-10-12-17-30)43-37(48)33(42-29(2)45)18-15-19-35(46)51-39(3,4)5/h10-12,16-17,20,22,26,33-34H,13-15,18-19,21,23-25,27H2,1-9H3,(H,41,47)(H,42,45)(H,43,48)/t33-,34-/m0/s1. The zero-order valence-electron chi connectivity index (χ0n) is 32.6. The maximum Gasteiger partial charge on any atom is 0.410 e. The van der Waals surface area contributed by atoms with Crippen LogP contribution in [0.5, 0.6) is 5.75 Å². The Hall–Kier alpha value is -4.61. The molecule has 2 atom stereocenters. The van der Waals surface area contributed by atoms with Crippen LogP contribution in [0.15, 0.2) is 48.5 Å². The Bertz CT molecular complexity index is 1470. The maximum absolute atomic E-state index is 13.6. The van der Waals surface area contributed by atoms with Gasteiger partial charge in [0.2, 0.25) is 17.7 Å². The zero-order chi connectivity index (χ0) is 38.9. The number of carbonyl (C=O) groups is 5. The summed E-state index contributed by atoms with van der Waals surface area (Å²) >= 11 is 0. The first-order valence-corrected chi connectivity index (χ1v) is 18.1. The number of aryl methyl sites for hydroxylation is 2. The average Bonchev–Trinajstić information content (AvgIpc) is 3.04. The lowest BCUT2D eigenvalue weighted by atomic mass is 10.0. The maximum atomic E-state index is 13.6. The molecule has 0 fully saturated rings. The molecule has 52 heavy (non-hydrogen) atoms. The highest BCUT2D eigenvalue weighted by molar-refractivity contribution is 5.91. The van der Waals surface area contributed by atoms with E-state index in [4.69, 9.17) is 14.2 Å². The molecule has 12 heteroatoms. The molecular weight excluding hydrogens is 664 g/mol. The molecule has 3 N–H and O–H groups in total. The van der Waals surface area contributed by atoms with E-state index in [1.165, 1.54) is 6.92 Å². The molecule has 2 rings (SSSR count). The number of nitrogens with zero attached hydrogens (tertiary/aromatic N) is 1. The van der Waals surface area contributed by atoms with Gasteiger partial charge in [0.1, 0.15) is 29.0 Å². The first-order chi connectivity index (χ1) is 24.3. The predicted octanol–water partition coefficient (Wildman–Crippen LogP) is 5.77. The van der Waals surface area contributed by atoms with Gasteiger partial charge in [-0.1, -0.05) is 36.4 Å². The topological polar surface area (TPSA) is 152 Å². The minimum Gasteiger partial charge on any atom is -0.494 e. The highest BCUT2D eigenvalue weighted by Gasteiger charge is 2.27. The van der Waals surface area contributed by atoms with Gasteiger partial charge in [0, 0.05) is 33.5 Å². The fourth-order valence-electron chi connectivity index (χ4n) is 5.16. The van der Waals surface area contributed by atoms with Gasteiger partial charge in [-0.25, -0.2) is 4.79 Å². The molecule has 2 aromatic carbocycles. The fourth-order valence-corrected chi connectivity index (χ4v) is 5.16. The third-order valence-electron chi connectivity index (χ3n) is 7.82. The summed E-state index contributed by atoms with van der Waals surface area (Å²) < 4.78 is 16.7. The van der Waals surface area contributed by atoms with Gasteiger partial charge in [-0.3, -0.25) is 19.2 Å². The summed E-state index contributed by atoms with van der Waals surface area (Å²) in [6, 6.07) is 13.5. The molecule has 4 amide bonds. The number of esters is 1. The van der Waals surface area contributed by atoms with Crippen molar-refractivity contribution in [3.63, 3.8) is 0 Å². The number of nitrogens with one attached hydrogen (secondary N) is 3. The number of rotatable bonds is 19. The number of unbranched alkanes of at least 4 members (excludes halogenated alkanes) is 1. The molecule has 0 spiro atoms. The van der Waals surface area contributed by atoms with Gasteiger partial charge in [-0.15, -0.1) is 0 Å². The number of hydrogen-bond acceptors (Lipinski definition) is 8. The van der Waals surface area contributed by atoms with Crippen molar-refractivity contribution in [2.75, 3.05) is 20.2 Å². The summed E-state index contributed by atoms with van der Waals surface area (Å²) in [4.78, 5) is 65.1. The van der Waals surface area contributed by atoms with Crippen LogP contribution in [-0.4, -0.2) is 78.2 Å². The normalized spacial score (nSPS) is 12.6. The van der Waals surface area contributed by atoms with Crippen LogP contribution in [0.2, 0.25) is 0 Å². The fraction of sp³-hybridized carbons (Fsp3) is 0.575. The Morgan fingerprint density at radius 3 is 2.08 bits per heavy atom. The Labute approximate surface area is 309 Å². The SMILES string of the molecule is CC(=O)N[C@@H](CCCC(=O)OC(C)(C)C)C(=O)N[C@@H](CCc1ccccc1)C(=O)NCc1cc(OCCCCN(C)C(=O)OC(C)(C)C)ccc1C. The zero-order valence-corrected chi connectivity index (χ0v) is 32.6. The lowest BCUT2D eigenvalue weighted by Gasteiger charge is -2.24. The van der Waals surface area contributed by atoms with Crippen molar-refractivity contribution in [3.05, 3.63) is 65.2 Å². The lowest BCUT2D eigenvalue weighted by Crippen LogP contribution is -2.53. The van der Waals surface area contributed by atoms with Crippen molar-refractivity contribution in [3.8, 4) is 5.75 Å². The van der Waals surface area contributed by atoms with E-state index in [-0.39, 0.29) is 37.4 Å². The second-order valence-corrected chi connectivity index (χ2v) is 15.1. The molecule has 0 heterocycles. The van der Waals surface area contributed by atoms with E-state index in [0.29, 0.717) is 38.2 Å². The van der Waals surface area contributed by atoms with Crippen molar-refractivity contribution in [1.29, 1.82) is 0 Å². The molecule has 0 aliphatic heterocycles. The van der Waals surface area contributed by atoms with Gasteiger partial charge in [0.05, 0.1) is 6.61 Å². The molecule has 0 aromatic heterocycles. The van der Waals surface area contributed by atoms with Crippen LogP contribution in [0.25, 0.3) is 0 Å². The predicted molar refractivity (Wildman–Crippen MR) is 201 cm³/mol. The molecule has 0 saturated heterocycles. The van der Waals surface area contributed by atoms with E-state index in [9.17, 15) is 24.0 Å². The molecule has 2 aromatic rings. The summed E-state index contributed by atoms with van der Waals surface area (Å²) in [5.41, 5.74) is 1.67. The third-order valence-corrected chi connectivity index (χ3v) is 7.82. The van der Waals surface area contributed by atoms with E-state index in [1.807, 2.05) is 76.2 Å². The highest BCUT2D eigenvalue weighted by Crippen LogP contribution is 2.19. The molecule has 288 valence electrons. The minimum atomic E-state index is -0.930. The van der Waals surface area contributed by atoms with E-state index in [1.54, 1.807) is 32.7 Å². The molecule has 0 bridgehead atoms. The molecular formula is C40H60N4O8. The van der Waals surface area contributed by atoms with Crippen molar-refractivity contribution in [2.24, 2.45) is 0 Å². The number of benzene rings is 2. The number of ether oxygens (including phenoxy) is 3. The van der Waals surface area contributed by atoms with Gasteiger partial charge < -0.3 is 35.1 Å². The molecule has 0 saturated carbocycles. The molecule has 0 aliphatic rings. The number of carbonyl (C=O) groups excluding carboxylic acids is 5. The Morgan fingerprint density at radius 1 is 0.788 bits per heavy atom. The van der Waals surface area contributed by atoms with E-state index < -0.39 is 35.1 Å². The van der Waals surface area contributed by atoms with Crippen molar-refractivity contribution >= 4 is 29.8 Å². The van der Waals surface area contributed by atoms with Crippen LogP contribution >= 0.6 is 0 Å². The number of amides is 4. The molecule has 0 radical (unpaired) electrons. The summed E-state index contributed by atoms with van der Waals surface area (Å²) in [6.07, 6.45) is 2.59. The van der Waals surface area contributed by atoms with Gasteiger partial charge in [0.15, 0.2) is 0 Å². The third kappa shape index (κ3) is 18.1. The van der Waals surface area contributed by atoms with Gasteiger partial charge in [0.25, 0.3) is 0 Å². The van der Waals surface area contributed by atoms with Gasteiger partial charge in [-0.2, -0.15) is 0 Å². The minimum absolute atomic E-state index is 0.0894. The van der Waals surface area contributed by atoms with Crippen molar-refractivity contribution < 1.29 is 38.2 Å². The highest BCUT2D eigenvalue weighted by atomic mass is 16.6. The van der Waals surface area contributed by atoms with Gasteiger partial charge in [-0.05, 0) is 116 Å². The smallest absolute Gasteiger partial charge is 0.410 e. The summed E-state index contributed by atoms with van der Waals surface area (Å²) in [7, 11) is 1.71. The molecule has 0 aliphatic carbocycles. The van der Waals surface area contributed by atoms with E-state index >= 15 is 0 Å². The van der Waals surface area contributed by atoms with Crippen molar-refractivity contribution in [1.82, 2.24) is 20.9 Å². The van der Waals surface area contributed by atoms with E-state index in [0.717, 1.165) is 29.5 Å². The average molecular weight is 725 g/mol. The summed E-state index contributed by atoms with van der Waals surface area (Å²) in [6.45, 7) is 15.3. The van der Waals surface area contributed by atoms with Crippen LogP contribution < -0.4 is 20.7 Å². The van der Waals surface area contributed by atoms with Crippen LogP contribution in [-0.2, 0) is 41.6 Å². The molecule has 12 nitrogen and oxygen atoms in total. The van der Waals surface area contributed by atoms with Crippen LogP contribution in [0, 0.1) is 6.92 Å². The van der Waals surface area contributed by atoms with Crippen LogP contribution in [0.3, 0.4) is 0 Å². The molecule has 0 unspecified atom stereocenters. The first-order valence-electron chi connectivity index (χ1n) is 18.1. The Kier molecular flexibility index (Phi) is 17.6. The largest absolute Gasteiger partial charge is 0.494 e. The summed E-state index contributed by atoms with van der Waals surface area (Å²) in [5, 5.41) is 8.50. The second-order valence-electron chi connectivity index (χ2n) is 15.1.